The molecule has 0 aromatic carbocycles. The molecule has 0 aliphatic carbocycles. The van der Waals surface area contributed by atoms with Gasteiger partial charge in [-0.15, -0.1) is 0 Å². The van der Waals surface area contributed by atoms with E-state index in [2.05, 4.69) is 0 Å². The van der Waals surface area contributed by atoms with Gasteiger partial charge in [-0.05, 0) is 6.92 Å². The topological polar surface area (TPSA) is 397 Å². The van der Waals surface area contributed by atoms with Crippen molar-refractivity contribution in [1.29, 1.82) is 0 Å². The van der Waals surface area contributed by atoms with Crippen LogP contribution in [0.5, 0.6) is 0 Å². The zero-order valence-electron chi connectivity index (χ0n) is 26.6. The Balaban J connectivity index is 1.64. The molecule has 4 saturated heterocycles. The average Bonchev–Trinajstić information content (AvgIpc) is 3.08. The Hall–Kier alpha value is -1.37. The number of hydrogen-bond donors (Lipinski definition) is 15. The first-order valence-corrected chi connectivity index (χ1v) is 15.8. The van der Waals surface area contributed by atoms with E-state index in [0.717, 1.165) is 0 Å². The van der Waals surface area contributed by atoms with E-state index in [9.17, 15) is 71.2 Å². The van der Waals surface area contributed by atoms with Gasteiger partial charge in [-0.2, -0.15) is 0 Å². The van der Waals surface area contributed by atoms with Crippen LogP contribution in [-0.2, 0) is 38.0 Å². The van der Waals surface area contributed by atoms with Crippen molar-refractivity contribution < 1.29 is 104 Å². The van der Waals surface area contributed by atoms with Crippen LogP contribution in [0.2, 0.25) is 0 Å². The van der Waals surface area contributed by atoms with Gasteiger partial charge in [0.15, 0.2) is 18.9 Å². The third-order valence-corrected chi connectivity index (χ3v) is 9.30. The fourth-order valence-electron chi connectivity index (χ4n) is 6.25. The number of carbonyl (C=O) groups is 1. The molecule has 4 aliphatic rings. The second-order valence-corrected chi connectivity index (χ2v) is 12.7. The minimum absolute atomic E-state index is 0.865. The summed E-state index contributed by atoms with van der Waals surface area (Å²) in [6, 6.07) is -3.11. The molecule has 0 bridgehead atoms. The molecule has 23 nitrogen and oxygen atoms in total. The van der Waals surface area contributed by atoms with E-state index in [1.54, 1.807) is 0 Å². The molecule has 4 rings (SSSR count). The van der Waals surface area contributed by atoms with Gasteiger partial charge in [0.2, 0.25) is 0 Å². The third-order valence-electron chi connectivity index (χ3n) is 9.30. The maximum Gasteiger partial charge on any atom is 0.364 e. The largest absolute Gasteiger partial charge is 0.477 e. The summed E-state index contributed by atoms with van der Waals surface area (Å²) in [5.74, 6) is -4.95. The maximum atomic E-state index is 12.6. The fourth-order valence-corrected chi connectivity index (χ4v) is 6.25. The number of ether oxygens (including phenoxy) is 7. The first-order chi connectivity index (χ1) is 23.4. The molecule has 8 unspecified atom stereocenters. The van der Waals surface area contributed by atoms with Gasteiger partial charge in [0.05, 0.1) is 44.1 Å². The summed E-state index contributed by atoms with van der Waals surface area (Å²) in [6.07, 6.45) is -33.2. The highest BCUT2D eigenvalue weighted by Gasteiger charge is 2.60. The van der Waals surface area contributed by atoms with Crippen LogP contribution in [0, 0.1) is 0 Å². The summed E-state index contributed by atoms with van der Waals surface area (Å²) in [5.41, 5.74) is 12.0. The van der Waals surface area contributed by atoms with Crippen molar-refractivity contribution in [1.82, 2.24) is 0 Å². The van der Waals surface area contributed by atoms with E-state index in [4.69, 9.17) is 44.6 Å². The van der Waals surface area contributed by atoms with Gasteiger partial charge in [-0.3, -0.25) is 0 Å². The SMILES string of the molecule is CC1O[C@@H](O[C@@H]2C(CO)OC(O)C(N)[C@H]2O[C@@H]2OC(CO)[C@H](O)C(O[C@]3(C(=O)O)C[C@@H](O)[C@@H](N)C([C@H](O)[C@H](O)CO)O3)[C@@H]2O)[C@@H](O)C(O)[C@@H]1O. The molecule has 50 heavy (non-hydrogen) atoms. The molecule has 0 saturated carbocycles. The van der Waals surface area contributed by atoms with Crippen molar-refractivity contribution in [3.8, 4) is 0 Å². The van der Waals surface area contributed by atoms with E-state index in [1.807, 2.05) is 0 Å². The number of carboxylic acids is 1. The lowest BCUT2D eigenvalue weighted by Crippen LogP contribution is -2.70. The molecule has 0 spiro atoms. The van der Waals surface area contributed by atoms with Gasteiger partial charge in [0.25, 0.3) is 5.79 Å². The molecular weight excluding hydrogens is 688 g/mol. The van der Waals surface area contributed by atoms with Crippen LogP contribution >= 0.6 is 0 Å². The summed E-state index contributed by atoms with van der Waals surface area (Å²) < 4.78 is 39.0. The van der Waals surface area contributed by atoms with Gasteiger partial charge in [-0.25, -0.2) is 4.79 Å². The molecule has 23 heteroatoms. The smallest absolute Gasteiger partial charge is 0.364 e. The van der Waals surface area contributed by atoms with Crippen LogP contribution < -0.4 is 11.5 Å². The summed E-state index contributed by atoms with van der Waals surface area (Å²) in [6.45, 7) is -1.51. The molecule has 4 aliphatic heterocycles. The van der Waals surface area contributed by atoms with Crippen molar-refractivity contribution in [2.45, 2.75) is 142 Å². The summed E-state index contributed by atoms with van der Waals surface area (Å²) in [7, 11) is 0. The van der Waals surface area contributed by atoms with E-state index in [1.165, 1.54) is 6.92 Å². The first kappa shape index (κ1) is 41.4. The molecule has 4 heterocycles. The Bertz CT molecular complexity index is 1110. The zero-order valence-corrected chi connectivity index (χ0v) is 26.6. The molecule has 4 fully saturated rings. The second kappa shape index (κ2) is 16.8. The summed E-state index contributed by atoms with van der Waals surface area (Å²) in [5, 5.41) is 134. The van der Waals surface area contributed by atoms with Gasteiger partial charge in [0, 0.05) is 6.42 Å². The molecule has 21 atom stereocenters. The Morgan fingerprint density at radius 3 is 1.96 bits per heavy atom. The first-order valence-electron chi connectivity index (χ1n) is 15.8. The number of carboxylic acid groups (broad SMARTS) is 1. The van der Waals surface area contributed by atoms with Crippen molar-refractivity contribution in [2.75, 3.05) is 19.8 Å². The third kappa shape index (κ3) is 8.08. The quantitative estimate of drug-likeness (QED) is 0.0884. The van der Waals surface area contributed by atoms with Gasteiger partial charge >= 0.3 is 5.97 Å². The average molecular weight is 737 g/mol. The van der Waals surface area contributed by atoms with E-state index in [0.29, 0.717) is 0 Å². The standard InChI is InChI=1S/C27H48N2O21/c1-6-13(35)16(38)17(39)24(44-6)47-19-10(5-32)45-23(41)12(29)21(19)48-25-18(40)22(15(37)9(4-31)46-25)50-27(26(42)43)2-7(33)11(28)20(49-27)14(36)8(34)3-30/h6-25,30-41H,2-5,28-29H2,1H3,(H,42,43)/t6?,7-,8-,9?,10?,11-,12?,13-,14-,15+,16?,17+,18+,19-,20?,21-,22?,23?,24+,25+,27+/m1/s1. The Morgan fingerprint density at radius 2 is 1.38 bits per heavy atom. The van der Waals surface area contributed by atoms with E-state index < -0.39 is 161 Å². The Morgan fingerprint density at radius 1 is 0.780 bits per heavy atom. The number of aliphatic carboxylic acids is 1. The number of aliphatic hydroxyl groups is 12. The lowest BCUT2D eigenvalue weighted by atomic mass is 9.88. The van der Waals surface area contributed by atoms with E-state index >= 15 is 0 Å². The summed E-state index contributed by atoms with van der Waals surface area (Å²) in [4.78, 5) is 12.6. The summed E-state index contributed by atoms with van der Waals surface area (Å²) >= 11 is 0. The maximum absolute atomic E-state index is 12.6. The molecule has 0 aromatic heterocycles. The van der Waals surface area contributed by atoms with Gasteiger partial charge < -0.3 is 111 Å². The highest BCUT2D eigenvalue weighted by Crippen LogP contribution is 2.38. The minimum Gasteiger partial charge on any atom is -0.477 e. The lowest BCUT2D eigenvalue weighted by molar-refractivity contribution is -0.388. The van der Waals surface area contributed by atoms with Crippen molar-refractivity contribution >= 4 is 5.97 Å². The monoisotopic (exact) mass is 736 g/mol. The molecule has 0 radical (unpaired) electrons. The number of rotatable bonds is 12. The van der Waals surface area contributed by atoms with Gasteiger partial charge in [-0.1, -0.05) is 0 Å². The molecule has 0 amide bonds. The predicted octanol–water partition coefficient (Wildman–Crippen LogP) is -9.58. The van der Waals surface area contributed by atoms with Gasteiger partial charge in [0.1, 0.15) is 79.4 Å². The van der Waals surface area contributed by atoms with Crippen LogP contribution in [0.3, 0.4) is 0 Å². The highest BCUT2D eigenvalue weighted by molar-refractivity contribution is 5.76. The van der Waals surface area contributed by atoms with Crippen molar-refractivity contribution in [3.63, 3.8) is 0 Å². The second-order valence-electron chi connectivity index (χ2n) is 12.7. The van der Waals surface area contributed by atoms with Crippen LogP contribution in [0.15, 0.2) is 0 Å². The van der Waals surface area contributed by atoms with Crippen LogP contribution in [0.25, 0.3) is 0 Å². The number of nitrogens with two attached hydrogens (primary N) is 2. The van der Waals surface area contributed by atoms with Crippen molar-refractivity contribution in [3.05, 3.63) is 0 Å². The molecule has 292 valence electrons. The lowest BCUT2D eigenvalue weighted by Gasteiger charge is -2.51. The number of aliphatic hydroxyl groups excluding tert-OH is 12. The molecule has 0 aromatic rings. The predicted molar refractivity (Wildman–Crippen MR) is 154 cm³/mol. The minimum atomic E-state index is -3.00. The van der Waals surface area contributed by atoms with E-state index in [-0.39, 0.29) is 0 Å². The van der Waals surface area contributed by atoms with Crippen LogP contribution in [-0.4, -0.2) is 220 Å². The van der Waals surface area contributed by atoms with Crippen molar-refractivity contribution in [2.24, 2.45) is 11.5 Å². The Kier molecular flexibility index (Phi) is 13.9. The normalized spacial score (nSPS) is 50.1. The molecular formula is C27H48N2O21. The highest BCUT2D eigenvalue weighted by atomic mass is 16.8. The Labute approximate surface area is 283 Å². The van der Waals surface area contributed by atoms with Crippen LogP contribution in [0.1, 0.15) is 13.3 Å². The number of hydrogen-bond acceptors (Lipinski definition) is 22. The molecule has 17 N–H and O–H groups in total. The van der Waals surface area contributed by atoms with Crippen LogP contribution in [0.4, 0.5) is 0 Å². The zero-order chi connectivity index (χ0) is 37.4. The fraction of sp³-hybridized carbons (Fsp3) is 0.963.